The van der Waals surface area contributed by atoms with Gasteiger partial charge in [-0.05, 0) is 36.1 Å². The first-order valence-electron chi connectivity index (χ1n) is 6.40. The van der Waals surface area contributed by atoms with Crippen molar-refractivity contribution in [3.8, 4) is 0 Å². The van der Waals surface area contributed by atoms with Crippen molar-refractivity contribution in [2.24, 2.45) is 5.92 Å². The summed E-state index contributed by atoms with van der Waals surface area (Å²) >= 11 is 3.40. The number of carbonyl (C=O) groups is 2. The molecule has 108 valence electrons. The first-order chi connectivity index (χ1) is 9.51. The molecule has 21 heavy (non-hydrogen) atoms. The van der Waals surface area contributed by atoms with Gasteiger partial charge in [-0.2, -0.15) is 0 Å². The summed E-state index contributed by atoms with van der Waals surface area (Å²) in [5.74, 6) is -2.75. The van der Waals surface area contributed by atoms with E-state index in [-0.39, 0.29) is 57.4 Å². The summed E-state index contributed by atoms with van der Waals surface area (Å²) in [6.07, 6.45) is 1.18. The normalized spacial score (nSPS) is 17.5. The maximum Gasteiger partial charge on any atom is 1.00 e. The van der Waals surface area contributed by atoms with E-state index in [0.29, 0.717) is 0 Å². The van der Waals surface area contributed by atoms with E-state index < -0.39 is 30.8 Å². The molecule has 0 spiro atoms. The van der Waals surface area contributed by atoms with Gasteiger partial charge in [-0.25, -0.2) is 0 Å². The monoisotopic (exact) mass is 379 g/mol. The standard InChI is InChI=1S/C14H16BrNO4.K/c15-10-3-1-8-2-4-12(11(8)6-10)16-14(20)9(7-17)5-13(18)19;/h1,3,6,9,12,17H,2,4-5,7H2,(H,16,20)(H,18,19);/q;+1/p-1/t9?,12-;/m1./s1. The fraction of sp³-hybridized carbons (Fsp3) is 0.429. The molecule has 1 aromatic rings. The van der Waals surface area contributed by atoms with E-state index in [9.17, 15) is 14.7 Å². The second kappa shape index (κ2) is 8.76. The molecule has 1 amide bonds. The quantitative estimate of drug-likeness (QED) is 0.545. The number of fused-ring (bicyclic) bond motifs is 1. The molecule has 0 bridgehead atoms. The van der Waals surface area contributed by atoms with Gasteiger partial charge in [-0.15, -0.1) is 0 Å². The smallest absolute Gasteiger partial charge is 0.550 e. The van der Waals surface area contributed by atoms with Crippen LogP contribution in [-0.2, 0) is 16.0 Å². The third kappa shape index (κ3) is 5.13. The van der Waals surface area contributed by atoms with E-state index in [4.69, 9.17) is 5.11 Å². The van der Waals surface area contributed by atoms with Crippen LogP contribution < -0.4 is 61.8 Å². The van der Waals surface area contributed by atoms with Gasteiger partial charge in [-0.1, -0.05) is 22.0 Å². The van der Waals surface area contributed by atoms with Crippen molar-refractivity contribution in [3.63, 3.8) is 0 Å². The Kier molecular flexibility index (Phi) is 8.04. The van der Waals surface area contributed by atoms with Crippen molar-refractivity contribution in [1.82, 2.24) is 5.32 Å². The van der Waals surface area contributed by atoms with Gasteiger partial charge in [-0.3, -0.25) is 4.79 Å². The second-order valence-electron chi connectivity index (χ2n) is 4.90. The molecule has 2 N–H and O–H groups in total. The van der Waals surface area contributed by atoms with Gasteiger partial charge in [0.2, 0.25) is 5.91 Å². The number of aliphatic hydroxyl groups excluding tert-OH is 1. The van der Waals surface area contributed by atoms with Crippen LogP contribution in [0.3, 0.4) is 0 Å². The third-order valence-electron chi connectivity index (χ3n) is 3.51. The molecule has 0 saturated carbocycles. The number of hydrogen-bond acceptors (Lipinski definition) is 4. The van der Waals surface area contributed by atoms with Crippen LogP contribution in [-0.4, -0.2) is 23.6 Å². The van der Waals surface area contributed by atoms with Gasteiger partial charge in [0.05, 0.1) is 18.6 Å². The maximum absolute atomic E-state index is 12.0. The fourth-order valence-electron chi connectivity index (χ4n) is 2.45. The Hall–Kier alpha value is 0.236. The van der Waals surface area contributed by atoms with E-state index in [1.807, 2.05) is 18.2 Å². The first-order valence-corrected chi connectivity index (χ1v) is 7.20. The average molecular weight is 380 g/mol. The number of hydrogen-bond donors (Lipinski definition) is 2. The zero-order valence-electron chi connectivity index (χ0n) is 11.8. The number of carboxylic acids is 1. The van der Waals surface area contributed by atoms with Gasteiger partial charge >= 0.3 is 51.4 Å². The van der Waals surface area contributed by atoms with E-state index in [0.717, 1.165) is 22.9 Å². The van der Waals surface area contributed by atoms with Gasteiger partial charge < -0.3 is 20.3 Å². The number of aryl methyl sites for hydroxylation is 1. The molecule has 5 nitrogen and oxygen atoms in total. The molecule has 0 heterocycles. The van der Waals surface area contributed by atoms with Crippen LogP contribution in [0.15, 0.2) is 22.7 Å². The number of amides is 1. The third-order valence-corrected chi connectivity index (χ3v) is 4.00. The molecule has 2 atom stereocenters. The summed E-state index contributed by atoms with van der Waals surface area (Å²) in [5, 5.41) is 22.5. The number of rotatable bonds is 5. The minimum Gasteiger partial charge on any atom is -0.550 e. The Balaban J connectivity index is 0.00000220. The SMILES string of the molecule is O=C([O-])CC(CO)C(=O)N[C@@H]1CCc2ccc(Br)cc21.[K+]. The minimum absolute atomic E-state index is 0. The molecule has 0 fully saturated rings. The van der Waals surface area contributed by atoms with Crippen LogP contribution in [0.1, 0.15) is 30.0 Å². The Labute approximate surface area is 174 Å². The molecule has 1 aromatic carbocycles. The van der Waals surface area contributed by atoms with Crippen LogP contribution in [0, 0.1) is 5.92 Å². The van der Waals surface area contributed by atoms with Gasteiger partial charge in [0.1, 0.15) is 0 Å². The summed E-state index contributed by atoms with van der Waals surface area (Å²) in [7, 11) is 0. The molecule has 2 rings (SSSR count). The largest absolute Gasteiger partial charge is 1.00 e. The molecule has 0 saturated heterocycles. The zero-order chi connectivity index (χ0) is 14.7. The van der Waals surface area contributed by atoms with Crippen molar-refractivity contribution in [3.05, 3.63) is 33.8 Å². The number of aliphatic hydroxyl groups is 1. The van der Waals surface area contributed by atoms with E-state index in [1.165, 1.54) is 5.56 Å². The van der Waals surface area contributed by atoms with Gasteiger partial charge in [0.25, 0.3) is 0 Å². The number of nitrogens with one attached hydrogen (secondary N) is 1. The number of carboxylic acid groups (broad SMARTS) is 1. The molecule has 1 aliphatic carbocycles. The zero-order valence-corrected chi connectivity index (χ0v) is 16.5. The summed E-state index contributed by atoms with van der Waals surface area (Å²) in [4.78, 5) is 22.5. The number of aliphatic carboxylic acids is 1. The van der Waals surface area contributed by atoms with Gasteiger partial charge in [0, 0.05) is 16.9 Å². The average Bonchev–Trinajstić information content (AvgIpc) is 2.78. The Bertz CT molecular complexity index is 538. The van der Waals surface area contributed by atoms with Crippen LogP contribution >= 0.6 is 15.9 Å². The van der Waals surface area contributed by atoms with Gasteiger partial charge in [0.15, 0.2) is 0 Å². The molecular formula is C14H15BrKNO4. The fourth-order valence-corrected chi connectivity index (χ4v) is 2.83. The van der Waals surface area contributed by atoms with Crippen LogP contribution in [0.4, 0.5) is 0 Å². The molecule has 0 radical (unpaired) electrons. The number of carbonyl (C=O) groups excluding carboxylic acids is 2. The van der Waals surface area contributed by atoms with E-state index in [1.54, 1.807) is 0 Å². The summed E-state index contributed by atoms with van der Waals surface area (Å²) in [5.41, 5.74) is 2.22. The predicted octanol–water partition coefficient (Wildman–Crippen LogP) is -2.69. The minimum atomic E-state index is -1.34. The Morgan fingerprint density at radius 3 is 2.81 bits per heavy atom. The molecule has 7 heteroatoms. The molecule has 1 unspecified atom stereocenters. The van der Waals surface area contributed by atoms with Crippen LogP contribution in [0.2, 0.25) is 0 Å². The molecule has 0 aliphatic heterocycles. The molecular weight excluding hydrogens is 365 g/mol. The summed E-state index contributed by atoms with van der Waals surface area (Å²) in [6, 6.07) is 5.79. The Morgan fingerprint density at radius 2 is 2.19 bits per heavy atom. The Morgan fingerprint density at radius 1 is 1.48 bits per heavy atom. The van der Waals surface area contributed by atoms with E-state index in [2.05, 4.69) is 21.2 Å². The topological polar surface area (TPSA) is 89.5 Å². The van der Waals surface area contributed by atoms with Crippen molar-refractivity contribution in [2.75, 3.05) is 6.61 Å². The van der Waals surface area contributed by atoms with Crippen molar-refractivity contribution < 1.29 is 71.2 Å². The van der Waals surface area contributed by atoms with Crippen LogP contribution in [0.25, 0.3) is 0 Å². The van der Waals surface area contributed by atoms with E-state index >= 15 is 0 Å². The van der Waals surface area contributed by atoms with Crippen LogP contribution in [0.5, 0.6) is 0 Å². The first kappa shape index (κ1) is 19.3. The number of benzene rings is 1. The maximum atomic E-state index is 12.0. The second-order valence-corrected chi connectivity index (χ2v) is 5.81. The predicted molar refractivity (Wildman–Crippen MR) is 73.5 cm³/mol. The summed E-state index contributed by atoms with van der Waals surface area (Å²) in [6.45, 7) is -0.502. The van der Waals surface area contributed by atoms with Crippen molar-refractivity contribution >= 4 is 27.8 Å². The number of halogens is 1. The molecule has 0 aromatic heterocycles. The molecule has 1 aliphatic rings. The summed E-state index contributed by atoms with van der Waals surface area (Å²) < 4.78 is 0.936. The van der Waals surface area contributed by atoms with Crippen molar-refractivity contribution in [1.29, 1.82) is 0 Å². The van der Waals surface area contributed by atoms with Crippen molar-refractivity contribution in [2.45, 2.75) is 25.3 Å².